The third kappa shape index (κ3) is 3.05. The van der Waals surface area contributed by atoms with E-state index in [1.54, 1.807) is 17.6 Å². The molecule has 3 rings (SSSR count). The summed E-state index contributed by atoms with van der Waals surface area (Å²) in [7, 11) is 0. The maximum atomic E-state index is 9.25. The van der Waals surface area contributed by atoms with Crippen molar-refractivity contribution in [2.75, 3.05) is 19.7 Å². The van der Waals surface area contributed by atoms with Crippen LogP contribution in [0.1, 0.15) is 18.5 Å². The van der Waals surface area contributed by atoms with Crippen molar-refractivity contribution < 1.29 is 9.52 Å². The number of likely N-dealkylation sites (tertiary alicyclic amines) is 1. The Morgan fingerprint density at radius 3 is 3.26 bits per heavy atom. The minimum Gasteiger partial charge on any atom is -0.462 e. The first-order chi connectivity index (χ1) is 9.35. The van der Waals surface area contributed by atoms with Crippen molar-refractivity contribution in [3.05, 3.63) is 29.5 Å². The lowest BCUT2D eigenvalue weighted by molar-refractivity contribution is 0.115. The summed E-state index contributed by atoms with van der Waals surface area (Å²) in [5.74, 6) is 1.26. The van der Waals surface area contributed by atoms with Crippen molar-refractivity contribution in [2.24, 2.45) is 5.92 Å². The SMILES string of the molecule is OCC1CCCN(Cc2csc(-c3ccco3)n2)C1. The molecule has 4 nitrogen and oxygen atoms in total. The second-order valence-corrected chi connectivity index (χ2v) is 5.91. The van der Waals surface area contributed by atoms with Gasteiger partial charge in [0.2, 0.25) is 0 Å². The Hall–Kier alpha value is -1.17. The number of nitrogens with zero attached hydrogens (tertiary/aromatic N) is 2. The summed E-state index contributed by atoms with van der Waals surface area (Å²) in [6, 6.07) is 3.82. The van der Waals surface area contributed by atoms with Crippen molar-refractivity contribution >= 4 is 11.3 Å². The monoisotopic (exact) mass is 278 g/mol. The molecule has 0 spiro atoms. The van der Waals surface area contributed by atoms with Gasteiger partial charge in [-0.2, -0.15) is 0 Å². The number of aliphatic hydroxyl groups excluding tert-OH is 1. The fourth-order valence-corrected chi connectivity index (χ4v) is 3.34. The standard InChI is InChI=1S/C14H18N2O2S/c17-9-11-3-1-5-16(7-11)8-12-10-19-14(15-12)13-4-2-6-18-13/h2,4,6,10-11,17H,1,3,5,7-9H2. The van der Waals surface area contributed by atoms with Crippen LogP contribution in [0, 0.1) is 5.92 Å². The number of piperidine rings is 1. The fourth-order valence-electron chi connectivity index (χ4n) is 2.57. The van der Waals surface area contributed by atoms with Gasteiger partial charge in [0, 0.05) is 25.1 Å². The molecule has 2 aromatic rings. The number of hydrogen-bond acceptors (Lipinski definition) is 5. The van der Waals surface area contributed by atoms with E-state index in [1.807, 2.05) is 12.1 Å². The molecule has 1 aliphatic heterocycles. The first-order valence-corrected chi connectivity index (χ1v) is 7.54. The lowest BCUT2D eigenvalue weighted by atomic mass is 9.99. The zero-order chi connectivity index (χ0) is 13.1. The molecular formula is C14H18N2O2S. The number of hydrogen-bond donors (Lipinski definition) is 1. The van der Waals surface area contributed by atoms with Crippen LogP contribution in [0.15, 0.2) is 28.2 Å². The van der Waals surface area contributed by atoms with Gasteiger partial charge in [-0.05, 0) is 37.4 Å². The summed E-state index contributed by atoms with van der Waals surface area (Å²) in [6.07, 6.45) is 3.98. The van der Waals surface area contributed by atoms with E-state index < -0.39 is 0 Å². The summed E-state index contributed by atoms with van der Waals surface area (Å²) in [4.78, 5) is 7.00. The van der Waals surface area contributed by atoms with E-state index >= 15 is 0 Å². The Labute approximate surface area is 116 Å². The van der Waals surface area contributed by atoms with Crippen LogP contribution in [0.3, 0.4) is 0 Å². The highest BCUT2D eigenvalue weighted by Gasteiger charge is 2.20. The summed E-state index contributed by atoms with van der Waals surface area (Å²) in [6.45, 7) is 3.24. The van der Waals surface area contributed by atoms with Crippen molar-refractivity contribution in [3.63, 3.8) is 0 Å². The van der Waals surface area contributed by atoms with Crippen LogP contribution in [-0.2, 0) is 6.54 Å². The molecule has 1 aliphatic rings. The zero-order valence-corrected chi connectivity index (χ0v) is 11.6. The minimum absolute atomic E-state index is 0.297. The molecule has 102 valence electrons. The molecule has 3 heterocycles. The Morgan fingerprint density at radius 2 is 2.47 bits per heavy atom. The lowest BCUT2D eigenvalue weighted by Crippen LogP contribution is -2.36. The Morgan fingerprint density at radius 1 is 1.53 bits per heavy atom. The van der Waals surface area contributed by atoms with Crippen LogP contribution in [0.25, 0.3) is 10.8 Å². The highest BCUT2D eigenvalue weighted by Crippen LogP contribution is 2.25. The number of aromatic nitrogens is 1. The topological polar surface area (TPSA) is 49.5 Å². The quantitative estimate of drug-likeness (QED) is 0.934. The van der Waals surface area contributed by atoms with E-state index in [0.717, 1.165) is 42.5 Å². The zero-order valence-electron chi connectivity index (χ0n) is 10.8. The summed E-state index contributed by atoms with van der Waals surface area (Å²) in [5, 5.41) is 12.3. The van der Waals surface area contributed by atoms with Gasteiger partial charge in [0.15, 0.2) is 10.8 Å². The van der Waals surface area contributed by atoms with Gasteiger partial charge in [-0.3, -0.25) is 4.90 Å². The van der Waals surface area contributed by atoms with Gasteiger partial charge in [-0.1, -0.05) is 0 Å². The van der Waals surface area contributed by atoms with Gasteiger partial charge in [0.25, 0.3) is 0 Å². The van der Waals surface area contributed by atoms with Gasteiger partial charge in [0.05, 0.1) is 12.0 Å². The van der Waals surface area contributed by atoms with E-state index in [9.17, 15) is 5.11 Å². The normalized spacial score (nSPS) is 20.8. The molecule has 1 atom stereocenters. The van der Waals surface area contributed by atoms with E-state index in [1.165, 1.54) is 6.42 Å². The van der Waals surface area contributed by atoms with Crippen LogP contribution in [0.2, 0.25) is 0 Å². The summed E-state index contributed by atoms with van der Waals surface area (Å²) in [5.41, 5.74) is 1.09. The van der Waals surface area contributed by atoms with Gasteiger partial charge >= 0.3 is 0 Å². The van der Waals surface area contributed by atoms with Crippen LogP contribution in [0.4, 0.5) is 0 Å². The maximum Gasteiger partial charge on any atom is 0.162 e. The van der Waals surface area contributed by atoms with Crippen molar-refractivity contribution in [3.8, 4) is 10.8 Å². The third-order valence-electron chi connectivity index (χ3n) is 3.53. The molecule has 1 N–H and O–H groups in total. The predicted molar refractivity (Wildman–Crippen MR) is 74.9 cm³/mol. The molecule has 0 radical (unpaired) electrons. The smallest absolute Gasteiger partial charge is 0.162 e. The Bertz CT molecular complexity index is 509. The third-order valence-corrected chi connectivity index (χ3v) is 4.44. The number of thiazole rings is 1. The molecule has 0 bridgehead atoms. The molecular weight excluding hydrogens is 260 g/mol. The average molecular weight is 278 g/mol. The molecule has 0 amide bonds. The fraction of sp³-hybridized carbons (Fsp3) is 0.500. The highest BCUT2D eigenvalue weighted by atomic mass is 32.1. The van der Waals surface area contributed by atoms with E-state index in [-0.39, 0.29) is 0 Å². The summed E-state index contributed by atoms with van der Waals surface area (Å²) < 4.78 is 5.36. The van der Waals surface area contributed by atoms with E-state index in [0.29, 0.717) is 12.5 Å². The van der Waals surface area contributed by atoms with Crippen molar-refractivity contribution in [1.29, 1.82) is 0 Å². The molecule has 1 saturated heterocycles. The maximum absolute atomic E-state index is 9.25. The van der Waals surface area contributed by atoms with Crippen LogP contribution in [0.5, 0.6) is 0 Å². The summed E-state index contributed by atoms with van der Waals surface area (Å²) >= 11 is 1.62. The molecule has 0 aliphatic carbocycles. The number of aliphatic hydroxyl groups is 1. The first kappa shape index (κ1) is 12.8. The van der Waals surface area contributed by atoms with Gasteiger partial charge < -0.3 is 9.52 Å². The largest absolute Gasteiger partial charge is 0.462 e. The number of furan rings is 1. The lowest BCUT2D eigenvalue weighted by Gasteiger charge is -2.31. The van der Waals surface area contributed by atoms with Crippen molar-refractivity contribution in [1.82, 2.24) is 9.88 Å². The second kappa shape index (κ2) is 5.86. The van der Waals surface area contributed by atoms with Crippen molar-refractivity contribution in [2.45, 2.75) is 19.4 Å². The average Bonchev–Trinajstić information content (AvgIpc) is 3.09. The molecule has 1 fully saturated rings. The second-order valence-electron chi connectivity index (χ2n) is 5.05. The van der Waals surface area contributed by atoms with Crippen LogP contribution < -0.4 is 0 Å². The number of rotatable bonds is 4. The van der Waals surface area contributed by atoms with E-state index in [4.69, 9.17) is 4.42 Å². The van der Waals surface area contributed by atoms with Gasteiger partial charge in [-0.25, -0.2) is 4.98 Å². The molecule has 2 aromatic heterocycles. The Kier molecular flexibility index (Phi) is 3.96. The highest BCUT2D eigenvalue weighted by molar-refractivity contribution is 7.13. The predicted octanol–water partition coefficient (Wildman–Crippen LogP) is 2.61. The molecule has 0 aromatic carbocycles. The molecule has 5 heteroatoms. The molecule has 19 heavy (non-hydrogen) atoms. The van der Waals surface area contributed by atoms with Crippen LogP contribution in [-0.4, -0.2) is 34.7 Å². The first-order valence-electron chi connectivity index (χ1n) is 6.66. The molecule has 1 unspecified atom stereocenters. The molecule has 0 saturated carbocycles. The Balaban J connectivity index is 1.64. The van der Waals surface area contributed by atoms with E-state index in [2.05, 4.69) is 15.3 Å². The van der Waals surface area contributed by atoms with Gasteiger partial charge in [-0.15, -0.1) is 11.3 Å². The minimum atomic E-state index is 0.297. The van der Waals surface area contributed by atoms with Crippen LogP contribution >= 0.6 is 11.3 Å². The van der Waals surface area contributed by atoms with Gasteiger partial charge in [0.1, 0.15) is 0 Å².